The number of aromatic nitrogens is 1. The molecule has 0 saturated heterocycles. The SMILES string of the molecule is CCOCC(C)OC(=O)Cn1cc(N)ccc1=O. The van der Waals surface area contributed by atoms with Crippen LogP contribution in [0.2, 0.25) is 0 Å². The molecule has 0 aromatic carbocycles. The van der Waals surface area contributed by atoms with Crippen LogP contribution in [0.3, 0.4) is 0 Å². The monoisotopic (exact) mass is 254 g/mol. The van der Waals surface area contributed by atoms with Gasteiger partial charge in [-0.25, -0.2) is 0 Å². The van der Waals surface area contributed by atoms with E-state index in [0.29, 0.717) is 18.9 Å². The van der Waals surface area contributed by atoms with Gasteiger partial charge in [0.2, 0.25) is 0 Å². The minimum absolute atomic E-state index is 0.152. The van der Waals surface area contributed by atoms with Crippen molar-refractivity contribution in [3.8, 4) is 0 Å². The molecule has 0 radical (unpaired) electrons. The van der Waals surface area contributed by atoms with Crippen LogP contribution in [0.4, 0.5) is 5.69 Å². The van der Waals surface area contributed by atoms with Gasteiger partial charge in [-0.05, 0) is 19.9 Å². The van der Waals surface area contributed by atoms with Gasteiger partial charge in [0.05, 0.1) is 6.61 Å². The zero-order valence-electron chi connectivity index (χ0n) is 10.6. The minimum Gasteiger partial charge on any atom is -0.459 e. The predicted octanol–water partition coefficient (Wildman–Crippen LogP) is 0.399. The van der Waals surface area contributed by atoms with E-state index in [1.807, 2.05) is 6.92 Å². The van der Waals surface area contributed by atoms with Crippen LogP contribution in [-0.4, -0.2) is 29.9 Å². The average Bonchev–Trinajstić information content (AvgIpc) is 2.31. The summed E-state index contributed by atoms with van der Waals surface area (Å²) in [7, 11) is 0. The van der Waals surface area contributed by atoms with E-state index in [4.69, 9.17) is 15.2 Å². The number of hydrogen-bond donors (Lipinski definition) is 1. The Balaban J connectivity index is 2.54. The van der Waals surface area contributed by atoms with Crippen LogP contribution >= 0.6 is 0 Å². The maximum atomic E-state index is 11.6. The molecule has 0 aliphatic rings. The smallest absolute Gasteiger partial charge is 0.326 e. The second kappa shape index (κ2) is 6.80. The van der Waals surface area contributed by atoms with E-state index in [9.17, 15) is 9.59 Å². The van der Waals surface area contributed by atoms with Crippen LogP contribution in [0, 0.1) is 0 Å². The van der Waals surface area contributed by atoms with Gasteiger partial charge < -0.3 is 19.8 Å². The maximum absolute atomic E-state index is 11.6. The van der Waals surface area contributed by atoms with Crippen molar-refractivity contribution in [3.63, 3.8) is 0 Å². The molecule has 1 rings (SSSR count). The number of hydrogen-bond acceptors (Lipinski definition) is 5. The summed E-state index contributed by atoms with van der Waals surface area (Å²) in [6.45, 7) is 4.35. The molecular formula is C12H18N2O4. The van der Waals surface area contributed by atoms with Crippen molar-refractivity contribution in [2.75, 3.05) is 18.9 Å². The lowest BCUT2D eigenvalue weighted by molar-refractivity contribution is -0.151. The highest BCUT2D eigenvalue weighted by atomic mass is 16.6. The number of esters is 1. The number of ether oxygens (including phenoxy) is 2. The lowest BCUT2D eigenvalue weighted by Crippen LogP contribution is -2.28. The number of nitrogens with two attached hydrogens (primary N) is 1. The lowest BCUT2D eigenvalue weighted by Gasteiger charge is -2.13. The Morgan fingerprint density at radius 1 is 1.50 bits per heavy atom. The molecule has 18 heavy (non-hydrogen) atoms. The summed E-state index contributed by atoms with van der Waals surface area (Å²) in [6, 6.07) is 2.80. The van der Waals surface area contributed by atoms with E-state index in [2.05, 4.69) is 0 Å². The molecule has 0 aliphatic heterocycles. The fourth-order valence-corrected chi connectivity index (χ4v) is 1.39. The number of anilines is 1. The van der Waals surface area contributed by atoms with Crippen LogP contribution in [0.15, 0.2) is 23.1 Å². The van der Waals surface area contributed by atoms with E-state index < -0.39 is 5.97 Å². The Morgan fingerprint density at radius 3 is 2.89 bits per heavy atom. The molecule has 6 heteroatoms. The maximum Gasteiger partial charge on any atom is 0.326 e. The molecule has 1 unspecified atom stereocenters. The summed E-state index contributed by atoms with van der Waals surface area (Å²) in [5.74, 6) is -0.491. The zero-order valence-corrected chi connectivity index (χ0v) is 10.6. The molecule has 0 fully saturated rings. The van der Waals surface area contributed by atoms with Gasteiger partial charge in [0.25, 0.3) is 5.56 Å². The van der Waals surface area contributed by atoms with Crippen molar-refractivity contribution in [3.05, 3.63) is 28.7 Å². The first-order valence-electron chi connectivity index (χ1n) is 5.76. The van der Waals surface area contributed by atoms with Crippen molar-refractivity contribution in [1.29, 1.82) is 0 Å². The van der Waals surface area contributed by atoms with Crippen molar-refractivity contribution in [2.24, 2.45) is 0 Å². The fourth-order valence-electron chi connectivity index (χ4n) is 1.39. The summed E-state index contributed by atoms with van der Waals surface area (Å²) < 4.78 is 11.4. The van der Waals surface area contributed by atoms with E-state index in [1.54, 1.807) is 6.92 Å². The highest BCUT2D eigenvalue weighted by Gasteiger charge is 2.11. The Hall–Kier alpha value is -1.82. The van der Waals surface area contributed by atoms with E-state index in [0.717, 1.165) is 0 Å². The second-order valence-corrected chi connectivity index (χ2v) is 3.89. The van der Waals surface area contributed by atoms with Gasteiger partial charge in [-0.15, -0.1) is 0 Å². The lowest BCUT2D eigenvalue weighted by atomic mass is 10.4. The molecule has 100 valence electrons. The summed E-state index contributed by atoms with van der Waals surface area (Å²) >= 11 is 0. The van der Waals surface area contributed by atoms with Crippen LogP contribution < -0.4 is 11.3 Å². The first-order chi connectivity index (χ1) is 8.52. The molecule has 0 aliphatic carbocycles. The molecule has 0 bridgehead atoms. The highest BCUT2D eigenvalue weighted by molar-refractivity contribution is 5.69. The number of rotatable bonds is 6. The quantitative estimate of drug-likeness (QED) is 0.743. The van der Waals surface area contributed by atoms with Crippen LogP contribution in [0.25, 0.3) is 0 Å². The predicted molar refractivity (Wildman–Crippen MR) is 67.2 cm³/mol. The minimum atomic E-state index is -0.491. The van der Waals surface area contributed by atoms with Gasteiger partial charge in [0.15, 0.2) is 0 Å². The Morgan fingerprint density at radius 2 is 2.22 bits per heavy atom. The normalized spacial score (nSPS) is 12.1. The Kier molecular flexibility index (Phi) is 5.38. The number of carbonyl (C=O) groups is 1. The second-order valence-electron chi connectivity index (χ2n) is 3.89. The molecule has 1 aromatic heterocycles. The van der Waals surface area contributed by atoms with Gasteiger partial charge in [-0.3, -0.25) is 9.59 Å². The summed E-state index contributed by atoms with van der Waals surface area (Å²) in [5, 5.41) is 0. The number of pyridine rings is 1. The zero-order chi connectivity index (χ0) is 13.5. The third kappa shape index (κ3) is 4.58. The summed E-state index contributed by atoms with van der Waals surface area (Å²) in [6.07, 6.45) is 1.07. The first kappa shape index (κ1) is 14.2. The highest BCUT2D eigenvalue weighted by Crippen LogP contribution is 1.98. The fraction of sp³-hybridized carbons (Fsp3) is 0.500. The Labute approximate surface area is 105 Å². The summed E-state index contributed by atoms with van der Waals surface area (Å²) in [5.41, 5.74) is 5.67. The third-order valence-corrected chi connectivity index (χ3v) is 2.20. The molecule has 2 N–H and O–H groups in total. The molecule has 0 amide bonds. The number of nitrogen functional groups attached to an aromatic ring is 1. The van der Waals surface area contributed by atoms with Gasteiger partial charge >= 0.3 is 5.97 Å². The van der Waals surface area contributed by atoms with Gasteiger partial charge in [-0.1, -0.05) is 0 Å². The van der Waals surface area contributed by atoms with Gasteiger partial charge in [-0.2, -0.15) is 0 Å². The molecule has 0 saturated carbocycles. The Bertz CT molecular complexity index is 456. The van der Waals surface area contributed by atoms with E-state index >= 15 is 0 Å². The van der Waals surface area contributed by atoms with Crippen LogP contribution in [0.5, 0.6) is 0 Å². The van der Waals surface area contributed by atoms with E-state index in [1.165, 1.54) is 22.9 Å². The first-order valence-corrected chi connectivity index (χ1v) is 5.76. The molecule has 0 spiro atoms. The summed E-state index contributed by atoms with van der Waals surface area (Å²) in [4.78, 5) is 23.0. The van der Waals surface area contributed by atoms with Crippen molar-refractivity contribution in [1.82, 2.24) is 4.57 Å². The third-order valence-electron chi connectivity index (χ3n) is 2.20. The average molecular weight is 254 g/mol. The number of carbonyl (C=O) groups excluding carboxylic acids is 1. The standard InChI is InChI=1S/C12H18N2O4/c1-3-17-8-9(2)18-12(16)7-14-6-10(13)4-5-11(14)15/h4-6,9H,3,7-8,13H2,1-2H3. The molecule has 1 aromatic rings. The van der Waals surface area contributed by atoms with Crippen molar-refractivity contribution >= 4 is 11.7 Å². The van der Waals surface area contributed by atoms with Crippen LogP contribution in [-0.2, 0) is 20.8 Å². The van der Waals surface area contributed by atoms with Gasteiger partial charge in [0, 0.05) is 24.6 Å². The molecule has 1 heterocycles. The largest absolute Gasteiger partial charge is 0.459 e. The molecular weight excluding hydrogens is 236 g/mol. The van der Waals surface area contributed by atoms with Gasteiger partial charge in [0.1, 0.15) is 12.6 Å². The molecule has 1 atom stereocenters. The van der Waals surface area contributed by atoms with Crippen molar-refractivity contribution < 1.29 is 14.3 Å². The van der Waals surface area contributed by atoms with Crippen LogP contribution in [0.1, 0.15) is 13.8 Å². The number of nitrogens with zero attached hydrogens (tertiary/aromatic N) is 1. The van der Waals surface area contributed by atoms with Crippen molar-refractivity contribution in [2.45, 2.75) is 26.5 Å². The topological polar surface area (TPSA) is 83.6 Å². The molecule has 6 nitrogen and oxygen atoms in total. The van der Waals surface area contributed by atoms with E-state index in [-0.39, 0.29) is 18.2 Å².